The molecule has 0 aromatic heterocycles. The van der Waals surface area contributed by atoms with Gasteiger partial charge in [0.2, 0.25) is 0 Å². The van der Waals surface area contributed by atoms with Crippen molar-refractivity contribution in [2.75, 3.05) is 7.05 Å². The van der Waals surface area contributed by atoms with Crippen molar-refractivity contribution in [3.05, 3.63) is 33.8 Å². The number of fused-ring (bicyclic) bond motifs is 2. The SMILES string of the molecule is CN(Cc1c(F)ccc(Br)c1F)C1CC2CCC(C1)N2.Cl. The van der Waals surface area contributed by atoms with Crippen molar-refractivity contribution in [3.63, 3.8) is 0 Å². The van der Waals surface area contributed by atoms with Crippen LogP contribution in [0.1, 0.15) is 31.2 Å². The van der Waals surface area contributed by atoms with Crippen molar-refractivity contribution in [1.82, 2.24) is 10.2 Å². The van der Waals surface area contributed by atoms with E-state index in [1.165, 1.54) is 25.0 Å². The van der Waals surface area contributed by atoms with Gasteiger partial charge in [0, 0.05) is 30.2 Å². The standard InChI is InChI=1S/C15H19BrF2N2.ClH/c1-20(11-6-9-2-3-10(7-11)19-9)8-12-14(17)5-4-13(16)15(12)18;/h4-5,9-11,19H,2-3,6-8H2,1H3;1H. The van der Waals surface area contributed by atoms with E-state index in [0.717, 1.165) is 12.8 Å². The van der Waals surface area contributed by atoms with Crippen LogP contribution in [0, 0.1) is 11.6 Å². The highest BCUT2D eigenvalue weighted by atomic mass is 79.9. The van der Waals surface area contributed by atoms with Crippen LogP contribution in [-0.2, 0) is 6.54 Å². The number of piperidine rings is 1. The highest BCUT2D eigenvalue weighted by Crippen LogP contribution is 2.31. The molecule has 2 unspecified atom stereocenters. The Balaban J connectivity index is 0.00000161. The van der Waals surface area contributed by atoms with Crippen molar-refractivity contribution >= 4 is 28.3 Å². The molecule has 21 heavy (non-hydrogen) atoms. The summed E-state index contributed by atoms with van der Waals surface area (Å²) in [5, 5.41) is 3.59. The zero-order valence-electron chi connectivity index (χ0n) is 11.9. The molecule has 3 rings (SSSR count). The van der Waals surface area contributed by atoms with Gasteiger partial charge in [-0.3, -0.25) is 4.90 Å². The van der Waals surface area contributed by atoms with Gasteiger partial charge in [0.1, 0.15) is 11.6 Å². The largest absolute Gasteiger partial charge is 0.311 e. The van der Waals surface area contributed by atoms with E-state index in [2.05, 4.69) is 26.1 Å². The quantitative estimate of drug-likeness (QED) is 0.800. The monoisotopic (exact) mass is 380 g/mol. The van der Waals surface area contributed by atoms with Gasteiger partial charge in [0.25, 0.3) is 0 Å². The molecule has 2 saturated heterocycles. The summed E-state index contributed by atoms with van der Waals surface area (Å²) >= 11 is 3.13. The molecule has 1 N–H and O–H groups in total. The Bertz CT molecular complexity index is 503. The van der Waals surface area contributed by atoms with Crippen molar-refractivity contribution < 1.29 is 8.78 Å². The van der Waals surface area contributed by atoms with Gasteiger partial charge in [-0.15, -0.1) is 12.4 Å². The Morgan fingerprint density at radius 1 is 1.24 bits per heavy atom. The second kappa shape index (κ2) is 6.90. The van der Waals surface area contributed by atoms with E-state index in [4.69, 9.17) is 0 Å². The second-order valence-electron chi connectivity index (χ2n) is 6.00. The van der Waals surface area contributed by atoms with Crippen molar-refractivity contribution in [1.29, 1.82) is 0 Å². The number of hydrogen-bond acceptors (Lipinski definition) is 2. The van der Waals surface area contributed by atoms with E-state index in [0.29, 0.717) is 29.1 Å². The molecule has 0 radical (unpaired) electrons. The van der Waals surface area contributed by atoms with Crippen LogP contribution in [-0.4, -0.2) is 30.1 Å². The molecular formula is C15H20BrClF2N2. The lowest BCUT2D eigenvalue weighted by atomic mass is 9.98. The molecule has 0 saturated carbocycles. The molecule has 2 atom stereocenters. The van der Waals surface area contributed by atoms with Gasteiger partial charge in [0.05, 0.1) is 4.47 Å². The summed E-state index contributed by atoms with van der Waals surface area (Å²) in [5.41, 5.74) is 0.160. The Morgan fingerprint density at radius 2 is 1.86 bits per heavy atom. The molecule has 118 valence electrons. The fourth-order valence-corrected chi connectivity index (χ4v) is 3.85. The summed E-state index contributed by atoms with van der Waals surface area (Å²) in [6, 6.07) is 4.31. The lowest BCUT2D eigenvalue weighted by Gasteiger charge is -2.35. The molecule has 2 aliphatic heterocycles. The van der Waals surface area contributed by atoms with Crippen molar-refractivity contribution in [3.8, 4) is 0 Å². The number of nitrogens with one attached hydrogen (secondary N) is 1. The number of benzene rings is 1. The summed E-state index contributed by atoms with van der Waals surface area (Å²) in [5.74, 6) is -0.941. The van der Waals surface area contributed by atoms with E-state index in [1.54, 1.807) is 0 Å². The van der Waals surface area contributed by atoms with E-state index in [-0.39, 0.29) is 18.0 Å². The maximum absolute atomic E-state index is 14.0. The first-order valence-corrected chi connectivity index (χ1v) is 7.92. The first-order chi connectivity index (χ1) is 9.54. The molecule has 1 aromatic rings. The average molecular weight is 382 g/mol. The predicted octanol–water partition coefficient (Wildman–Crippen LogP) is 3.86. The van der Waals surface area contributed by atoms with E-state index in [1.807, 2.05) is 7.05 Å². The Labute approximate surface area is 138 Å². The van der Waals surface area contributed by atoms with Crippen molar-refractivity contribution in [2.45, 2.75) is 50.4 Å². The van der Waals surface area contributed by atoms with Gasteiger partial charge in [-0.05, 0) is 60.8 Å². The number of rotatable bonds is 3. The maximum atomic E-state index is 14.0. The summed E-state index contributed by atoms with van der Waals surface area (Å²) in [6.45, 7) is 0.321. The summed E-state index contributed by atoms with van der Waals surface area (Å²) in [4.78, 5) is 2.10. The highest BCUT2D eigenvalue weighted by molar-refractivity contribution is 9.10. The summed E-state index contributed by atoms with van der Waals surface area (Å²) < 4.78 is 28.2. The van der Waals surface area contributed by atoms with Gasteiger partial charge in [-0.25, -0.2) is 8.78 Å². The molecule has 2 bridgehead atoms. The molecule has 2 nitrogen and oxygen atoms in total. The molecule has 1 aromatic carbocycles. The van der Waals surface area contributed by atoms with Crippen LogP contribution in [0.5, 0.6) is 0 Å². The lowest BCUT2D eigenvalue weighted by molar-refractivity contribution is 0.162. The molecule has 0 aliphatic carbocycles. The maximum Gasteiger partial charge on any atom is 0.144 e. The third-order valence-electron chi connectivity index (χ3n) is 4.62. The third kappa shape index (κ3) is 3.58. The smallest absolute Gasteiger partial charge is 0.144 e. The summed E-state index contributed by atoms with van der Waals surface area (Å²) in [7, 11) is 1.97. The van der Waals surface area contributed by atoms with Gasteiger partial charge in [0.15, 0.2) is 0 Å². The summed E-state index contributed by atoms with van der Waals surface area (Å²) in [6.07, 6.45) is 4.61. The molecule has 6 heteroatoms. The molecule has 2 fully saturated rings. The fraction of sp³-hybridized carbons (Fsp3) is 0.600. The Morgan fingerprint density at radius 3 is 2.48 bits per heavy atom. The van der Waals surface area contributed by atoms with Crippen LogP contribution >= 0.6 is 28.3 Å². The first kappa shape index (κ1) is 17.1. The van der Waals surface area contributed by atoms with Crippen LogP contribution in [0.15, 0.2) is 16.6 Å². The number of hydrogen-bond donors (Lipinski definition) is 1. The normalized spacial score (nSPS) is 27.8. The molecule has 0 spiro atoms. The zero-order chi connectivity index (χ0) is 14.3. The van der Waals surface area contributed by atoms with Gasteiger partial charge >= 0.3 is 0 Å². The molecule has 2 heterocycles. The van der Waals surface area contributed by atoms with Crippen LogP contribution < -0.4 is 5.32 Å². The predicted molar refractivity (Wildman–Crippen MR) is 85.7 cm³/mol. The Hall–Kier alpha value is -0.230. The number of nitrogens with zero attached hydrogens (tertiary/aromatic N) is 1. The molecule has 0 amide bonds. The highest BCUT2D eigenvalue weighted by Gasteiger charge is 2.35. The van der Waals surface area contributed by atoms with Crippen molar-refractivity contribution in [2.24, 2.45) is 0 Å². The minimum absolute atomic E-state index is 0. The third-order valence-corrected chi connectivity index (χ3v) is 5.23. The minimum Gasteiger partial charge on any atom is -0.311 e. The molecule has 2 aliphatic rings. The second-order valence-corrected chi connectivity index (χ2v) is 6.85. The Kier molecular flexibility index (Phi) is 5.63. The minimum atomic E-state index is -0.478. The van der Waals surface area contributed by atoms with Gasteiger partial charge < -0.3 is 5.32 Å². The first-order valence-electron chi connectivity index (χ1n) is 7.13. The topological polar surface area (TPSA) is 15.3 Å². The zero-order valence-corrected chi connectivity index (χ0v) is 14.3. The van der Waals surface area contributed by atoms with Crippen LogP contribution in [0.2, 0.25) is 0 Å². The number of halogens is 4. The van der Waals surface area contributed by atoms with E-state index >= 15 is 0 Å². The fourth-order valence-electron chi connectivity index (χ4n) is 3.48. The lowest BCUT2D eigenvalue weighted by Crippen LogP contribution is -2.46. The van der Waals surface area contributed by atoms with Gasteiger partial charge in [-0.2, -0.15) is 0 Å². The van der Waals surface area contributed by atoms with Gasteiger partial charge in [-0.1, -0.05) is 0 Å². The molecular weight excluding hydrogens is 362 g/mol. The van der Waals surface area contributed by atoms with Crippen LogP contribution in [0.4, 0.5) is 8.78 Å². The van der Waals surface area contributed by atoms with E-state index in [9.17, 15) is 8.78 Å². The van der Waals surface area contributed by atoms with E-state index < -0.39 is 11.6 Å². The van der Waals surface area contributed by atoms with Crippen LogP contribution in [0.3, 0.4) is 0 Å². The average Bonchev–Trinajstić information content (AvgIpc) is 2.77. The van der Waals surface area contributed by atoms with Crippen LogP contribution in [0.25, 0.3) is 0 Å².